The maximum atomic E-state index is 12.8. The van der Waals surface area contributed by atoms with Crippen LogP contribution in [0.4, 0.5) is 5.69 Å². The van der Waals surface area contributed by atoms with Crippen molar-refractivity contribution in [1.82, 2.24) is 5.32 Å². The molecule has 2 aromatic carbocycles. The molecule has 0 spiro atoms. The lowest BCUT2D eigenvalue weighted by atomic mass is 10.1. The van der Waals surface area contributed by atoms with Crippen molar-refractivity contribution >= 4 is 21.6 Å². The van der Waals surface area contributed by atoms with Crippen molar-refractivity contribution in [2.45, 2.75) is 39.8 Å². The highest BCUT2D eigenvalue weighted by Gasteiger charge is 2.31. The van der Waals surface area contributed by atoms with E-state index in [0.29, 0.717) is 18.7 Å². The van der Waals surface area contributed by atoms with Gasteiger partial charge in [-0.2, -0.15) is 0 Å². The van der Waals surface area contributed by atoms with E-state index in [4.69, 9.17) is 0 Å². The minimum absolute atomic E-state index is 0.304. The van der Waals surface area contributed by atoms with Crippen molar-refractivity contribution in [2.75, 3.05) is 10.6 Å². The average Bonchev–Trinajstić information content (AvgIpc) is 2.58. The zero-order valence-electron chi connectivity index (χ0n) is 15.7. The zero-order valence-corrected chi connectivity index (χ0v) is 16.5. The van der Waals surface area contributed by atoms with Gasteiger partial charge in [-0.3, -0.25) is 9.10 Å². The van der Waals surface area contributed by atoms with Gasteiger partial charge < -0.3 is 5.32 Å². The number of hydrogen-bond donors (Lipinski definition) is 1. The van der Waals surface area contributed by atoms with Gasteiger partial charge in [0.2, 0.25) is 15.9 Å². The molecule has 1 N–H and O–H groups in total. The monoisotopic (exact) mass is 374 g/mol. The quantitative estimate of drug-likeness (QED) is 0.809. The minimum atomic E-state index is -3.61. The summed E-state index contributed by atoms with van der Waals surface area (Å²) in [6.07, 6.45) is 1.50. The number of carbonyl (C=O) groups is 1. The van der Waals surface area contributed by atoms with Crippen molar-refractivity contribution in [3.05, 3.63) is 65.2 Å². The molecule has 140 valence electrons. The van der Waals surface area contributed by atoms with E-state index in [0.717, 1.165) is 22.9 Å². The molecule has 0 bridgehead atoms. The van der Waals surface area contributed by atoms with Gasteiger partial charge in [0.05, 0.1) is 11.9 Å². The molecule has 0 heterocycles. The van der Waals surface area contributed by atoms with E-state index in [2.05, 4.69) is 5.32 Å². The number of sulfonamides is 1. The summed E-state index contributed by atoms with van der Waals surface area (Å²) in [5, 5.41) is 2.88. The minimum Gasteiger partial charge on any atom is -0.350 e. The van der Waals surface area contributed by atoms with Gasteiger partial charge in [-0.1, -0.05) is 48.9 Å². The molecule has 0 unspecified atom stereocenters. The van der Waals surface area contributed by atoms with Crippen LogP contribution in [0, 0.1) is 13.8 Å². The van der Waals surface area contributed by atoms with E-state index in [1.807, 2.05) is 57.2 Å². The van der Waals surface area contributed by atoms with E-state index in [1.165, 1.54) is 4.31 Å². The molecule has 0 radical (unpaired) electrons. The average molecular weight is 375 g/mol. The van der Waals surface area contributed by atoms with Crippen molar-refractivity contribution in [3.63, 3.8) is 0 Å². The third kappa shape index (κ3) is 4.85. The van der Waals surface area contributed by atoms with E-state index in [-0.39, 0.29) is 5.91 Å². The number of nitrogens with zero attached hydrogens (tertiary/aromatic N) is 1. The molecule has 2 rings (SSSR count). The standard InChI is InChI=1S/C20H26N2O3S/c1-5-19(20(23)21-14-17-9-7-6-8-16(17)3)22(26(4,24)25)18-12-10-15(2)11-13-18/h6-13,19H,5,14H2,1-4H3,(H,21,23)/t19-/m0/s1. The second-order valence-electron chi connectivity index (χ2n) is 6.46. The summed E-state index contributed by atoms with van der Waals surface area (Å²) < 4.78 is 26.0. The van der Waals surface area contributed by atoms with Crippen LogP contribution in [0.3, 0.4) is 0 Å². The van der Waals surface area contributed by atoms with Crippen LogP contribution in [0.1, 0.15) is 30.0 Å². The number of aryl methyl sites for hydroxylation is 2. The van der Waals surface area contributed by atoms with Crippen LogP contribution in [0.25, 0.3) is 0 Å². The van der Waals surface area contributed by atoms with Crippen molar-refractivity contribution in [1.29, 1.82) is 0 Å². The Morgan fingerprint density at radius 3 is 2.23 bits per heavy atom. The summed E-state index contributed by atoms with van der Waals surface area (Å²) in [4.78, 5) is 12.8. The third-order valence-electron chi connectivity index (χ3n) is 4.33. The molecule has 0 aliphatic rings. The smallest absolute Gasteiger partial charge is 0.244 e. The maximum Gasteiger partial charge on any atom is 0.244 e. The Bertz CT molecular complexity index is 861. The summed E-state index contributed by atoms with van der Waals surface area (Å²) in [7, 11) is -3.61. The fraction of sp³-hybridized carbons (Fsp3) is 0.350. The number of hydrogen-bond acceptors (Lipinski definition) is 3. The van der Waals surface area contributed by atoms with Gasteiger partial charge in [-0.25, -0.2) is 8.42 Å². The summed E-state index contributed by atoms with van der Waals surface area (Å²) in [5.41, 5.74) is 3.62. The number of amides is 1. The van der Waals surface area contributed by atoms with Gasteiger partial charge >= 0.3 is 0 Å². The molecule has 0 aromatic heterocycles. The number of benzene rings is 2. The summed E-state index contributed by atoms with van der Waals surface area (Å²) in [6, 6.07) is 14.1. The van der Waals surface area contributed by atoms with Gasteiger partial charge in [0, 0.05) is 6.54 Å². The first-order valence-corrected chi connectivity index (χ1v) is 10.5. The largest absolute Gasteiger partial charge is 0.350 e. The van der Waals surface area contributed by atoms with E-state index < -0.39 is 16.1 Å². The second-order valence-corrected chi connectivity index (χ2v) is 8.32. The Labute approximate surface area is 156 Å². The van der Waals surface area contributed by atoms with Crippen molar-refractivity contribution in [3.8, 4) is 0 Å². The Hall–Kier alpha value is -2.34. The lowest BCUT2D eigenvalue weighted by Gasteiger charge is -2.30. The van der Waals surface area contributed by atoms with E-state index >= 15 is 0 Å². The Balaban J connectivity index is 2.25. The topological polar surface area (TPSA) is 66.5 Å². The molecule has 0 aliphatic heterocycles. The van der Waals surface area contributed by atoms with E-state index in [1.54, 1.807) is 12.1 Å². The van der Waals surface area contributed by atoms with Crippen molar-refractivity contribution in [2.24, 2.45) is 0 Å². The molecular weight excluding hydrogens is 348 g/mol. The lowest BCUT2D eigenvalue weighted by Crippen LogP contribution is -2.49. The third-order valence-corrected chi connectivity index (χ3v) is 5.51. The van der Waals surface area contributed by atoms with Crippen molar-refractivity contribution < 1.29 is 13.2 Å². The van der Waals surface area contributed by atoms with Crippen LogP contribution >= 0.6 is 0 Å². The molecule has 0 aliphatic carbocycles. The van der Waals surface area contributed by atoms with Gasteiger partial charge in [-0.05, 0) is 43.5 Å². The predicted octanol–water partition coefficient (Wildman–Crippen LogP) is 3.16. The molecule has 0 saturated heterocycles. The molecule has 1 amide bonds. The molecule has 26 heavy (non-hydrogen) atoms. The van der Waals surface area contributed by atoms with Crippen LogP contribution in [0.2, 0.25) is 0 Å². The van der Waals surface area contributed by atoms with Crippen LogP contribution in [0.15, 0.2) is 48.5 Å². The molecule has 6 heteroatoms. The van der Waals surface area contributed by atoms with Crippen LogP contribution < -0.4 is 9.62 Å². The van der Waals surface area contributed by atoms with Gasteiger partial charge in [0.25, 0.3) is 0 Å². The Kier molecular flexibility index (Phi) is 6.42. The lowest BCUT2D eigenvalue weighted by molar-refractivity contribution is -0.122. The summed E-state index contributed by atoms with van der Waals surface area (Å²) in [6.45, 7) is 6.09. The second kappa shape index (κ2) is 8.36. The number of anilines is 1. The van der Waals surface area contributed by atoms with Crippen LogP contribution in [-0.4, -0.2) is 26.6 Å². The molecule has 0 saturated carbocycles. The molecule has 0 fully saturated rings. The first-order chi connectivity index (χ1) is 12.2. The molecular formula is C20H26N2O3S. The SMILES string of the molecule is CC[C@@H](C(=O)NCc1ccccc1C)N(c1ccc(C)cc1)S(C)(=O)=O. The predicted molar refractivity (Wildman–Crippen MR) is 106 cm³/mol. The summed E-state index contributed by atoms with van der Waals surface area (Å²) in [5.74, 6) is -0.304. The maximum absolute atomic E-state index is 12.8. The van der Waals surface area contributed by atoms with Crippen LogP contribution in [-0.2, 0) is 21.4 Å². The highest BCUT2D eigenvalue weighted by molar-refractivity contribution is 7.92. The Morgan fingerprint density at radius 1 is 1.08 bits per heavy atom. The van der Waals surface area contributed by atoms with Gasteiger partial charge in [0.1, 0.15) is 6.04 Å². The highest BCUT2D eigenvalue weighted by Crippen LogP contribution is 2.23. The zero-order chi connectivity index (χ0) is 19.3. The highest BCUT2D eigenvalue weighted by atomic mass is 32.2. The number of nitrogens with one attached hydrogen (secondary N) is 1. The van der Waals surface area contributed by atoms with Crippen LogP contribution in [0.5, 0.6) is 0 Å². The van der Waals surface area contributed by atoms with Gasteiger partial charge in [-0.15, -0.1) is 0 Å². The Morgan fingerprint density at radius 2 is 1.69 bits per heavy atom. The normalized spacial score (nSPS) is 12.5. The molecule has 5 nitrogen and oxygen atoms in total. The number of carbonyl (C=O) groups excluding carboxylic acids is 1. The molecule has 1 atom stereocenters. The fourth-order valence-corrected chi connectivity index (χ4v) is 4.07. The van der Waals surface area contributed by atoms with E-state index in [9.17, 15) is 13.2 Å². The number of rotatable bonds is 7. The fourth-order valence-electron chi connectivity index (χ4n) is 2.86. The first-order valence-electron chi connectivity index (χ1n) is 8.62. The van der Waals surface area contributed by atoms with Gasteiger partial charge in [0.15, 0.2) is 0 Å². The molecule has 2 aromatic rings. The summed E-state index contributed by atoms with van der Waals surface area (Å²) >= 11 is 0. The first kappa shape index (κ1) is 20.0.